The van der Waals surface area contributed by atoms with Crippen LogP contribution in [0.4, 0.5) is 5.69 Å². The van der Waals surface area contributed by atoms with Crippen LogP contribution in [-0.4, -0.2) is 42.0 Å². The summed E-state index contributed by atoms with van der Waals surface area (Å²) in [5.41, 5.74) is 7.87. The third-order valence-electron chi connectivity index (χ3n) is 2.92. The van der Waals surface area contributed by atoms with Gasteiger partial charge in [-0.25, -0.2) is 0 Å². The van der Waals surface area contributed by atoms with Crippen LogP contribution in [-0.2, 0) is 11.2 Å². The summed E-state index contributed by atoms with van der Waals surface area (Å²) in [6.45, 7) is 1.44. The number of carboxylic acid groups (broad SMARTS) is 1. The first-order valence-corrected chi connectivity index (χ1v) is 7.57. The Bertz CT molecular complexity index is 423. The maximum Gasteiger partial charge on any atom is 0.304 e. The molecule has 0 bridgehead atoms. The predicted molar refractivity (Wildman–Crippen MR) is 84.0 cm³/mol. The molecule has 0 radical (unpaired) electrons. The highest BCUT2D eigenvalue weighted by molar-refractivity contribution is 6.18. The highest BCUT2D eigenvalue weighted by Gasteiger charge is 2.11. The zero-order valence-electron chi connectivity index (χ0n) is 11.3. The fraction of sp³-hybridized carbons (Fsp3) is 0.500. The second kappa shape index (κ2) is 9.06. The first kappa shape index (κ1) is 17.1. The first-order valence-electron chi connectivity index (χ1n) is 6.50. The molecule has 3 N–H and O–H groups in total. The van der Waals surface area contributed by atoms with Gasteiger partial charge < -0.3 is 15.7 Å². The fourth-order valence-corrected chi connectivity index (χ4v) is 2.46. The molecule has 1 aromatic rings. The van der Waals surface area contributed by atoms with Gasteiger partial charge in [-0.05, 0) is 24.1 Å². The number of anilines is 1. The monoisotopic (exact) mass is 318 g/mol. The number of nitrogens with zero attached hydrogens (tertiary/aromatic N) is 1. The molecule has 0 aliphatic heterocycles. The molecular weight excluding hydrogens is 299 g/mol. The Balaban J connectivity index is 2.75. The fourth-order valence-electron chi connectivity index (χ4n) is 2.05. The molecular formula is C14H20Cl2N2O2. The van der Waals surface area contributed by atoms with Gasteiger partial charge in [0, 0.05) is 36.6 Å². The Morgan fingerprint density at radius 3 is 2.50 bits per heavy atom. The molecule has 0 heterocycles. The lowest BCUT2D eigenvalue weighted by molar-refractivity contribution is -0.137. The number of hydrogen-bond acceptors (Lipinski definition) is 3. The van der Waals surface area contributed by atoms with Crippen LogP contribution < -0.4 is 10.6 Å². The number of hydrogen-bond donors (Lipinski definition) is 2. The molecule has 20 heavy (non-hydrogen) atoms. The molecule has 0 saturated heterocycles. The quantitative estimate of drug-likeness (QED) is 0.686. The second-order valence-electron chi connectivity index (χ2n) is 4.60. The molecule has 0 unspecified atom stereocenters. The number of halogens is 2. The number of benzene rings is 1. The maximum atomic E-state index is 10.6. The van der Waals surface area contributed by atoms with E-state index in [0.29, 0.717) is 18.2 Å². The summed E-state index contributed by atoms with van der Waals surface area (Å²) < 4.78 is 0. The van der Waals surface area contributed by atoms with E-state index in [2.05, 4.69) is 4.90 Å². The van der Waals surface area contributed by atoms with Crippen molar-refractivity contribution in [3.05, 3.63) is 29.8 Å². The van der Waals surface area contributed by atoms with Gasteiger partial charge in [-0.3, -0.25) is 4.79 Å². The minimum absolute atomic E-state index is 0.0305. The van der Waals surface area contributed by atoms with Crippen LogP contribution in [0.5, 0.6) is 0 Å². The molecule has 0 aromatic heterocycles. The van der Waals surface area contributed by atoms with Crippen molar-refractivity contribution < 1.29 is 9.90 Å². The summed E-state index contributed by atoms with van der Waals surface area (Å²) >= 11 is 11.6. The normalized spacial score (nSPS) is 12.2. The Hall–Kier alpha value is -0.970. The van der Waals surface area contributed by atoms with E-state index >= 15 is 0 Å². The van der Waals surface area contributed by atoms with E-state index in [9.17, 15) is 4.79 Å². The third kappa shape index (κ3) is 5.99. The van der Waals surface area contributed by atoms with E-state index in [4.69, 9.17) is 34.0 Å². The molecule has 0 fully saturated rings. The largest absolute Gasteiger partial charge is 0.481 e. The van der Waals surface area contributed by atoms with Gasteiger partial charge in [0.15, 0.2) is 0 Å². The molecule has 0 amide bonds. The summed E-state index contributed by atoms with van der Waals surface area (Å²) in [7, 11) is 0. The highest BCUT2D eigenvalue weighted by Crippen LogP contribution is 2.17. The van der Waals surface area contributed by atoms with Gasteiger partial charge in [0.1, 0.15) is 0 Å². The Labute approximate surface area is 129 Å². The van der Waals surface area contributed by atoms with Crippen LogP contribution in [0.3, 0.4) is 0 Å². The summed E-state index contributed by atoms with van der Waals surface area (Å²) in [6.07, 6.45) is 0.507. The van der Waals surface area contributed by atoms with Crippen LogP contribution in [0.25, 0.3) is 0 Å². The van der Waals surface area contributed by atoms with Gasteiger partial charge in [-0.2, -0.15) is 0 Å². The second-order valence-corrected chi connectivity index (χ2v) is 5.35. The smallest absolute Gasteiger partial charge is 0.304 e. The van der Waals surface area contributed by atoms with Crippen molar-refractivity contribution in [2.75, 3.05) is 29.7 Å². The number of rotatable bonds is 9. The minimum atomic E-state index is -0.875. The van der Waals surface area contributed by atoms with Crippen LogP contribution in [0.1, 0.15) is 12.0 Å². The minimum Gasteiger partial charge on any atom is -0.481 e. The predicted octanol–water partition coefficient (Wildman–Crippen LogP) is 2.32. The average Bonchev–Trinajstić information content (AvgIpc) is 2.37. The van der Waals surface area contributed by atoms with Crippen LogP contribution >= 0.6 is 23.2 Å². The lowest BCUT2D eigenvalue weighted by Gasteiger charge is -2.23. The molecule has 1 aromatic carbocycles. The summed E-state index contributed by atoms with van der Waals surface area (Å²) in [4.78, 5) is 12.7. The average molecular weight is 319 g/mol. The topological polar surface area (TPSA) is 66.6 Å². The van der Waals surface area contributed by atoms with Crippen molar-refractivity contribution in [3.63, 3.8) is 0 Å². The first-order chi connectivity index (χ1) is 9.56. The molecule has 0 spiro atoms. The zero-order valence-corrected chi connectivity index (χ0v) is 12.8. The van der Waals surface area contributed by atoms with Crippen molar-refractivity contribution in [2.24, 2.45) is 5.73 Å². The Kier molecular flexibility index (Phi) is 7.73. The Morgan fingerprint density at radius 1 is 1.30 bits per heavy atom. The van der Waals surface area contributed by atoms with Crippen LogP contribution in [0.15, 0.2) is 24.3 Å². The molecule has 0 aliphatic carbocycles. The van der Waals surface area contributed by atoms with E-state index in [1.807, 2.05) is 24.3 Å². The molecule has 1 rings (SSSR count). The zero-order chi connectivity index (χ0) is 15.0. The van der Waals surface area contributed by atoms with Gasteiger partial charge in [0.25, 0.3) is 0 Å². The van der Waals surface area contributed by atoms with Gasteiger partial charge in [-0.15, -0.1) is 23.2 Å². The van der Waals surface area contributed by atoms with Gasteiger partial charge in [-0.1, -0.05) is 12.1 Å². The lowest BCUT2D eigenvalue weighted by atomic mass is 10.0. The molecule has 1 atom stereocenters. The van der Waals surface area contributed by atoms with E-state index < -0.39 is 5.97 Å². The number of alkyl halides is 2. The third-order valence-corrected chi connectivity index (χ3v) is 3.26. The van der Waals surface area contributed by atoms with E-state index in [-0.39, 0.29) is 12.5 Å². The molecule has 112 valence electrons. The van der Waals surface area contributed by atoms with E-state index in [1.54, 1.807) is 0 Å². The highest BCUT2D eigenvalue weighted by atomic mass is 35.5. The maximum absolute atomic E-state index is 10.6. The standard InChI is InChI=1S/C14H20Cl2N2O2/c15-4-6-18(7-5-16)13-3-1-2-11(9-13)8-12(17)10-14(19)20/h1-3,9,12H,4-8,10,17H2,(H,19,20)/t12-/m0/s1. The summed E-state index contributed by atoms with van der Waals surface area (Å²) in [5, 5.41) is 8.73. The van der Waals surface area contributed by atoms with Crippen molar-refractivity contribution >= 4 is 34.9 Å². The number of aliphatic carboxylic acids is 1. The SMILES string of the molecule is N[C@H](CC(=O)O)Cc1cccc(N(CCCl)CCCl)c1. The molecule has 6 heteroatoms. The lowest BCUT2D eigenvalue weighted by Crippen LogP contribution is -2.28. The van der Waals surface area contributed by atoms with Crippen LogP contribution in [0.2, 0.25) is 0 Å². The number of carboxylic acids is 1. The molecule has 0 aliphatic rings. The Morgan fingerprint density at radius 2 is 1.95 bits per heavy atom. The van der Waals surface area contributed by atoms with E-state index in [1.165, 1.54) is 0 Å². The van der Waals surface area contributed by atoms with Crippen LogP contribution in [0, 0.1) is 0 Å². The van der Waals surface area contributed by atoms with Crippen molar-refractivity contribution in [2.45, 2.75) is 18.9 Å². The molecule has 0 saturated carbocycles. The van der Waals surface area contributed by atoms with Gasteiger partial charge in [0.05, 0.1) is 6.42 Å². The van der Waals surface area contributed by atoms with Gasteiger partial charge in [0.2, 0.25) is 0 Å². The van der Waals surface area contributed by atoms with Crippen molar-refractivity contribution in [3.8, 4) is 0 Å². The number of nitrogens with two attached hydrogens (primary N) is 1. The molecule has 4 nitrogen and oxygen atoms in total. The summed E-state index contributed by atoms with van der Waals surface area (Å²) in [5.74, 6) is 0.179. The summed E-state index contributed by atoms with van der Waals surface area (Å²) in [6, 6.07) is 7.52. The van der Waals surface area contributed by atoms with E-state index in [0.717, 1.165) is 24.3 Å². The number of carbonyl (C=O) groups is 1. The van der Waals surface area contributed by atoms with Gasteiger partial charge >= 0.3 is 5.97 Å². The van der Waals surface area contributed by atoms with Crippen molar-refractivity contribution in [1.82, 2.24) is 0 Å². The van der Waals surface area contributed by atoms with Crippen molar-refractivity contribution in [1.29, 1.82) is 0 Å².